The lowest BCUT2D eigenvalue weighted by molar-refractivity contribution is -0.136. The van der Waals surface area contributed by atoms with E-state index in [0.29, 0.717) is 24.9 Å². The molecule has 1 fully saturated rings. The Kier molecular flexibility index (Phi) is 6.65. The van der Waals surface area contributed by atoms with Crippen molar-refractivity contribution < 1.29 is 9.53 Å². The highest BCUT2D eigenvalue weighted by atomic mass is 32.1. The number of nitrogens with one attached hydrogen (secondary N) is 1. The Morgan fingerprint density at radius 2 is 2.20 bits per heavy atom. The number of aromatic nitrogens is 2. The minimum absolute atomic E-state index is 0.0427. The highest BCUT2D eigenvalue weighted by Gasteiger charge is 2.36. The highest BCUT2D eigenvalue weighted by molar-refractivity contribution is 7.80. The van der Waals surface area contributed by atoms with Gasteiger partial charge in [0.1, 0.15) is 11.6 Å². The van der Waals surface area contributed by atoms with Crippen molar-refractivity contribution in [2.75, 3.05) is 26.0 Å². The maximum Gasteiger partial charge on any atom is 0.241 e. The molecule has 3 N–H and O–H groups in total. The minimum Gasteiger partial charge on any atom is -0.496 e. The number of para-hydroxylation sites is 1. The molecule has 3 heterocycles. The summed E-state index contributed by atoms with van der Waals surface area (Å²) in [6.07, 6.45) is 6.47. The van der Waals surface area contributed by atoms with E-state index in [-0.39, 0.29) is 11.9 Å². The van der Waals surface area contributed by atoms with Gasteiger partial charge < -0.3 is 25.3 Å². The van der Waals surface area contributed by atoms with Crippen LogP contribution < -0.4 is 15.8 Å². The van der Waals surface area contributed by atoms with Gasteiger partial charge in [-0.1, -0.05) is 18.6 Å². The van der Waals surface area contributed by atoms with Crippen LogP contribution in [0, 0.1) is 0 Å². The van der Waals surface area contributed by atoms with Gasteiger partial charge in [0.15, 0.2) is 0 Å². The fourth-order valence-corrected chi connectivity index (χ4v) is 4.71. The third-order valence-corrected chi connectivity index (χ3v) is 6.56. The van der Waals surface area contributed by atoms with E-state index < -0.39 is 6.04 Å². The number of hydrogen-bond acceptors (Lipinski definition) is 6. The van der Waals surface area contributed by atoms with E-state index in [4.69, 9.17) is 15.5 Å². The van der Waals surface area contributed by atoms with Crippen LogP contribution in [0.5, 0.6) is 5.75 Å². The molecule has 0 aliphatic carbocycles. The smallest absolute Gasteiger partial charge is 0.241 e. The predicted octanol–water partition coefficient (Wildman–Crippen LogP) is 2.23. The molecule has 0 saturated carbocycles. The zero-order valence-corrected chi connectivity index (χ0v) is 18.4. The van der Waals surface area contributed by atoms with Crippen LogP contribution in [0.3, 0.4) is 0 Å². The molecule has 0 spiro atoms. The van der Waals surface area contributed by atoms with Crippen molar-refractivity contribution in [1.82, 2.24) is 19.8 Å². The number of benzene rings is 1. The molecule has 4 rings (SSSR count). The Balaban J connectivity index is 1.69. The Bertz CT molecular complexity index is 880. The number of nitrogens with two attached hydrogens (primary N) is 1. The molecule has 1 aromatic heterocycles. The number of imidazole rings is 1. The first kappa shape index (κ1) is 21.2. The van der Waals surface area contributed by atoms with Gasteiger partial charge in [0, 0.05) is 36.6 Å². The molecule has 1 saturated heterocycles. The van der Waals surface area contributed by atoms with E-state index in [2.05, 4.69) is 28.7 Å². The number of rotatable bonds is 6. The fourth-order valence-electron chi connectivity index (χ4n) is 4.55. The molecular weight excluding hydrogens is 398 g/mol. The lowest BCUT2D eigenvalue weighted by Gasteiger charge is -2.39. The number of fused-ring (bicyclic) bond motifs is 1. The molecule has 8 heteroatoms. The van der Waals surface area contributed by atoms with Crippen molar-refractivity contribution in [3.8, 4) is 17.0 Å². The summed E-state index contributed by atoms with van der Waals surface area (Å²) in [5, 5.41) is 3.62. The van der Waals surface area contributed by atoms with Crippen molar-refractivity contribution in [3.05, 3.63) is 36.3 Å². The number of ether oxygens (including phenoxy) is 1. The zero-order chi connectivity index (χ0) is 21.1. The molecule has 0 radical (unpaired) electrons. The largest absolute Gasteiger partial charge is 0.496 e. The Labute approximate surface area is 183 Å². The van der Waals surface area contributed by atoms with E-state index in [1.165, 1.54) is 12.8 Å². The van der Waals surface area contributed by atoms with E-state index in [0.717, 1.165) is 42.2 Å². The SMILES string of the molecule is COc1ccccc1-c1cn2c(n1)[C@H](CC1CCCCN1)N(C(=O)[C@@H](N)CS)CC2. The van der Waals surface area contributed by atoms with Crippen molar-refractivity contribution in [3.63, 3.8) is 0 Å². The van der Waals surface area contributed by atoms with Crippen LogP contribution in [0.25, 0.3) is 11.3 Å². The van der Waals surface area contributed by atoms with Gasteiger partial charge in [-0.2, -0.15) is 12.6 Å². The van der Waals surface area contributed by atoms with E-state index in [1.54, 1.807) is 7.11 Å². The predicted molar refractivity (Wildman–Crippen MR) is 121 cm³/mol. The molecule has 1 unspecified atom stereocenters. The van der Waals surface area contributed by atoms with Gasteiger partial charge in [0.05, 0.1) is 24.9 Å². The van der Waals surface area contributed by atoms with Crippen LogP contribution in [-0.2, 0) is 11.3 Å². The first-order chi connectivity index (χ1) is 14.6. The van der Waals surface area contributed by atoms with E-state index in [9.17, 15) is 4.79 Å². The van der Waals surface area contributed by atoms with Gasteiger partial charge in [0.25, 0.3) is 0 Å². The number of thiol groups is 1. The molecule has 30 heavy (non-hydrogen) atoms. The first-order valence-corrected chi connectivity index (χ1v) is 11.4. The number of amides is 1. The van der Waals surface area contributed by atoms with Crippen molar-refractivity contribution in [2.24, 2.45) is 5.73 Å². The summed E-state index contributed by atoms with van der Waals surface area (Å²) < 4.78 is 7.72. The lowest BCUT2D eigenvalue weighted by Crippen LogP contribution is -2.51. The minimum atomic E-state index is -0.592. The number of carbonyl (C=O) groups excluding carboxylic acids is 1. The molecule has 2 aliphatic heterocycles. The summed E-state index contributed by atoms with van der Waals surface area (Å²) in [5.41, 5.74) is 7.90. The van der Waals surface area contributed by atoms with E-state index in [1.807, 2.05) is 29.2 Å². The van der Waals surface area contributed by atoms with E-state index >= 15 is 0 Å². The second kappa shape index (κ2) is 9.41. The van der Waals surface area contributed by atoms with Crippen LogP contribution >= 0.6 is 12.6 Å². The fraction of sp³-hybridized carbons (Fsp3) is 0.545. The van der Waals surface area contributed by atoms with Crippen LogP contribution in [0.1, 0.15) is 37.5 Å². The molecule has 7 nitrogen and oxygen atoms in total. The number of methoxy groups -OCH3 is 1. The zero-order valence-electron chi connectivity index (χ0n) is 17.5. The van der Waals surface area contributed by atoms with Crippen molar-refractivity contribution >= 4 is 18.5 Å². The van der Waals surface area contributed by atoms with Gasteiger partial charge in [-0.3, -0.25) is 4.79 Å². The molecule has 0 bridgehead atoms. The summed E-state index contributed by atoms with van der Waals surface area (Å²) >= 11 is 4.24. The van der Waals surface area contributed by atoms with Crippen LogP contribution in [0.2, 0.25) is 0 Å². The second-order valence-electron chi connectivity index (χ2n) is 8.10. The van der Waals surface area contributed by atoms with Crippen LogP contribution in [-0.4, -0.2) is 58.4 Å². The summed E-state index contributed by atoms with van der Waals surface area (Å²) in [6, 6.07) is 7.59. The van der Waals surface area contributed by atoms with Crippen molar-refractivity contribution in [2.45, 2.75) is 50.4 Å². The average Bonchev–Trinajstić information content (AvgIpc) is 3.23. The lowest BCUT2D eigenvalue weighted by atomic mass is 9.95. The second-order valence-corrected chi connectivity index (χ2v) is 8.46. The summed E-state index contributed by atoms with van der Waals surface area (Å²) in [6.45, 7) is 2.37. The molecule has 1 aromatic carbocycles. The summed E-state index contributed by atoms with van der Waals surface area (Å²) in [5.74, 6) is 2.02. The normalized spacial score (nSPS) is 22.4. The number of nitrogens with zero attached hydrogens (tertiary/aromatic N) is 3. The molecule has 3 atom stereocenters. The van der Waals surface area contributed by atoms with Gasteiger partial charge in [-0.25, -0.2) is 4.98 Å². The monoisotopic (exact) mass is 429 g/mol. The number of piperidine rings is 1. The quantitative estimate of drug-likeness (QED) is 0.613. The standard InChI is InChI=1S/C22H31N5O2S/c1-29-20-8-3-2-7-16(20)18-13-26-10-11-27(22(28)17(23)14-30)19(21(26)25-18)12-15-6-4-5-9-24-15/h2-3,7-8,13,15,17,19,24,30H,4-6,9-12,14,23H2,1H3/t15?,17-,19-/m0/s1. The topological polar surface area (TPSA) is 85.4 Å². The Hall–Kier alpha value is -2.03. The van der Waals surface area contributed by atoms with Gasteiger partial charge in [-0.15, -0.1) is 0 Å². The van der Waals surface area contributed by atoms with Gasteiger partial charge >= 0.3 is 0 Å². The van der Waals surface area contributed by atoms with Crippen LogP contribution in [0.15, 0.2) is 30.5 Å². The third kappa shape index (κ3) is 4.22. The average molecular weight is 430 g/mol. The Morgan fingerprint density at radius 1 is 1.37 bits per heavy atom. The number of hydrogen-bond donors (Lipinski definition) is 3. The van der Waals surface area contributed by atoms with Crippen molar-refractivity contribution in [1.29, 1.82) is 0 Å². The van der Waals surface area contributed by atoms with Gasteiger partial charge in [0.2, 0.25) is 5.91 Å². The Morgan fingerprint density at radius 3 is 2.93 bits per heavy atom. The summed E-state index contributed by atoms with van der Waals surface area (Å²) in [7, 11) is 1.67. The molecular formula is C22H31N5O2S. The first-order valence-electron chi connectivity index (χ1n) is 10.7. The van der Waals surface area contributed by atoms with Crippen LogP contribution in [0.4, 0.5) is 0 Å². The number of carbonyl (C=O) groups is 1. The molecule has 162 valence electrons. The molecule has 2 aromatic rings. The molecule has 1 amide bonds. The maximum atomic E-state index is 13.0. The molecule has 2 aliphatic rings. The summed E-state index contributed by atoms with van der Waals surface area (Å²) in [4.78, 5) is 20.0. The third-order valence-electron chi connectivity index (χ3n) is 6.16. The maximum absolute atomic E-state index is 13.0. The highest BCUT2D eigenvalue weighted by Crippen LogP contribution is 2.35. The van der Waals surface area contributed by atoms with Gasteiger partial charge in [-0.05, 0) is 37.9 Å².